The monoisotopic (exact) mass is 654 g/mol. The second kappa shape index (κ2) is 13.2. The Morgan fingerprint density at radius 1 is 0.915 bits per heavy atom. The number of rotatable bonds is 7. The molecule has 248 valence electrons. The van der Waals surface area contributed by atoms with Gasteiger partial charge in [0.15, 0.2) is 6.10 Å². The third kappa shape index (κ3) is 7.14. The van der Waals surface area contributed by atoms with Crippen LogP contribution in [0, 0.1) is 0 Å². The van der Waals surface area contributed by atoms with Crippen LogP contribution in [0.5, 0.6) is 11.5 Å². The highest BCUT2D eigenvalue weighted by atomic mass is 32.2. The number of thioether (sulfide) groups is 1. The van der Waals surface area contributed by atoms with E-state index in [1.165, 1.54) is 0 Å². The molecule has 0 saturated carbocycles. The molecule has 2 unspecified atom stereocenters. The maximum absolute atomic E-state index is 14.8. The van der Waals surface area contributed by atoms with E-state index in [2.05, 4.69) is 12.1 Å². The summed E-state index contributed by atoms with van der Waals surface area (Å²) in [5.74, 6) is -0.0228. The van der Waals surface area contributed by atoms with Gasteiger partial charge in [-0.05, 0) is 71.6 Å². The maximum Gasteiger partial charge on any atom is 0.338 e. The van der Waals surface area contributed by atoms with Crippen LogP contribution in [0.3, 0.4) is 0 Å². The molecule has 4 aromatic carbocycles. The Bertz CT molecular complexity index is 1750. The van der Waals surface area contributed by atoms with E-state index in [9.17, 15) is 14.7 Å². The van der Waals surface area contributed by atoms with Gasteiger partial charge in [0.2, 0.25) is 0 Å². The van der Waals surface area contributed by atoms with Gasteiger partial charge in [0.1, 0.15) is 11.5 Å². The SMILES string of the molecule is COc1ccc(C2Sc3c(ccc4ccccc34)N(CCN(C)C)C(=O)C2OC(=O)c2cc(C(C)(C)C)c(O)c(C(C)(C)C)c2)cc1. The van der Waals surface area contributed by atoms with Crippen LogP contribution < -0.4 is 9.64 Å². The first kappa shape index (κ1) is 34.3. The van der Waals surface area contributed by atoms with Gasteiger partial charge in [-0.2, -0.15) is 0 Å². The Kier molecular flexibility index (Phi) is 9.67. The maximum atomic E-state index is 14.8. The molecule has 0 spiro atoms. The number of esters is 1. The van der Waals surface area contributed by atoms with Crippen molar-refractivity contribution in [1.82, 2.24) is 4.90 Å². The van der Waals surface area contributed by atoms with E-state index in [4.69, 9.17) is 9.47 Å². The summed E-state index contributed by atoms with van der Waals surface area (Å²) in [6.45, 7) is 13.0. The van der Waals surface area contributed by atoms with E-state index >= 15 is 0 Å². The molecule has 0 fully saturated rings. The first-order chi connectivity index (χ1) is 22.1. The summed E-state index contributed by atoms with van der Waals surface area (Å²) in [6, 6.07) is 23.2. The van der Waals surface area contributed by atoms with E-state index in [1.807, 2.05) is 109 Å². The highest BCUT2D eigenvalue weighted by molar-refractivity contribution is 8.00. The Hall–Kier alpha value is -4.01. The number of aromatic hydroxyl groups is 1. The molecule has 47 heavy (non-hydrogen) atoms. The van der Waals surface area contributed by atoms with Gasteiger partial charge in [-0.15, -0.1) is 11.8 Å². The average molecular weight is 655 g/mol. The number of methoxy groups -OCH3 is 1. The summed E-state index contributed by atoms with van der Waals surface area (Å²) in [4.78, 5) is 33.8. The fourth-order valence-corrected chi connectivity index (χ4v) is 7.37. The molecule has 8 heteroatoms. The number of anilines is 1. The molecule has 5 rings (SSSR count). The summed E-state index contributed by atoms with van der Waals surface area (Å²) in [5, 5.41) is 12.8. The van der Waals surface area contributed by atoms with E-state index in [1.54, 1.807) is 35.9 Å². The van der Waals surface area contributed by atoms with Crippen LogP contribution in [0.4, 0.5) is 5.69 Å². The molecule has 0 radical (unpaired) electrons. The number of hydrogen-bond acceptors (Lipinski definition) is 7. The lowest BCUT2D eigenvalue weighted by atomic mass is 9.78. The number of likely N-dealkylation sites (N-methyl/N-ethyl adjacent to an activating group) is 1. The van der Waals surface area contributed by atoms with Gasteiger partial charge in [-0.1, -0.05) is 84.0 Å². The van der Waals surface area contributed by atoms with Gasteiger partial charge in [-0.3, -0.25) is 4.79 Å². The second-order valence-electron chi connectivity index (χ2n) is 14.5. The van der Waals surface area contributed by atoms with Crippen molar-refractivity contribution < 1.29 is 24.2 Å². The number of benzene rings is 4. The van der Waals surface area contributed by atoms with E-state index < -0.39 is 28.2 Å². The summed E-state index contributed by atoms with van der Waals surface area (Å²) in [5.41, 5.74) is 2.36. The normalized spacial score (nSPS) is 17.1. The van der Waals surface area contributed by atoms with Gasteiger partial charge in [-0.25, -0.2) is 4.79 Å². The van der Waals surface area contributed by atoms with Crippen molar-refractivity contribution in [2.75, 3.05) is 39.2 Å². The first-order valence-corrected chi connectivity index (χ1v) is 16.9. The lowest BCUT2D eigenvalue weighted by Crippen LogP contribution is -2.45. The number of carbonyl (C=O) groups excluding carboxylic acids is 2. The molecule has 4 aromatic rings. The smallest absolute Gasteiger partial charge is 0.338 e. The Balaban J connectivity index is 1.67. The molecule has 1 N–H and O–H groups in total. The lowest BCUT2D eigenvalue weighted by molar-refractivity contribution is -0.127. The molecular weight excluding hydrogens is 609 g/mol. The van der Waals surface area contributed by atoms with Crippen molar-refractivity contribution >= 4 is 40.1 Å². The fraction of sp³-hybridized carbons (Fsp3) is 0.385. The number of nitrogens with zero attached hydrogens (tertiary/aromatic N) is 2. The minimum absolute atomic E-state index is 0.177. The Labute approximate surface area is 282 Å². The number of carbonyl (C=O) groups is 2. The third-order valence-corrected chi connectivity index (χ3v) is 10.0. The average Bonchev–Trinajstić information content (AvgIpc) is 3.13. The minimum Gasteiger partial charge on any atom is -0.507 e. The van der Waals surface area contributed by atoms with Crippen LogP contribution in [0.15, 0.2) is 77.7 Å². The van der Waals surface area contributed by atoms with Crippen LogP contribution in [0.2, 0.25) is 0 Å². The molecule has 1 aliphatic heterocycles. The highest BCUT2D eigenvalue weighted by Gasteiger charge is 2.42. The van der Waals surface area contributed by atoms with Crippen molar-refractivity contribution in [2.24, 2.45) is 0 Å². The molecule has 1 heterocycles. The van der Waals surface area contributed by atoms with Crippen LogP contribution in [0.1, 0.15) is 73.8 Å². The number of phenolic OH excluding ortho intramolecular Hbond substituents is 1. The quantitative estimate of drug-likeness (QED) is 0.202. The van der Waals surface area contributed by atoms with Gasteiger partial charge in [0.05, 0.1) is 23.6 Å². The Morgan fingerprint density at radius 2 is 1.53 bits per heavy atom. The highest BCUT2D eigenvalue weighted by Crippen LogP contribution is 2.50. The number of phenols is 1. The zero-order chi connectivity index (χ0) is 34.3. The minimum atomic E-state index is -1.14. The standard InChI is InChI=1S/C39H46N2O5S/c1-38(2,3)29-22-26(23-30(32(29)42)39(4,5)6)37(44)46-33-34(25-14-17-27(45-9)18-15-25)47-35-28-13-11-10-12-24(28)16-19-31(35)41(36(33)43)21-20-40(7)8/h10-19,22-23,33-34,42H,20-21H2,1-9H3. The molecule has 7 nitrogen and oxygen atoms in total. The van der Waals surface area contributed by atoms with Crippen LogP contribution in [-0.4, -0.2) is 62.3 Å². The third-order valence-electron chi connectivity index (χ3n) is 8.59. The van der Waals surface area contributed by atoms with E-state index in [0.29, 0.717) is 35.5 Å². The lowest BCUT2D eigenvalue weighted by Gasteiger charge is -2.30. The van der Waals surface area contributed by atoms with Crippen LogP contribution in [-0.2, 0) is 20.4 Å². The van der Waals surface area contributed by atoms with Crippen LogP contribution in [0.25, 0.3) is 10.8 Å². The number of ether oxygens (including phenoxy) is 2. The molecule has 0 aliphatic carbocycles. The number of fused-ring (bicyclic) bond motifs is 3. The predicted molar refractivity (Wildman–Crippen MR) is 191 cm³/mol. The van der Waals surface area contributed by atoms with Crippen molar-refractivity contribution in [1.29, 1.82) is 0 Å². The molecule has 0 bridgehead atoms. The second-order valence-corrected chi connectivity index (χ2v) is 15.6. The van der Waals surface area contributed by atoms with Crippen molar-refractivity contribution in [3.05, 3.63) is 95.1 Å². The fourth-order valence-electron chi connectivity index (χ4n) is 5.92. The molecular formula is C39H46N2O5S. The largest absolute Gasteiger partial charge is 0.507 e. The van der Waals surface area contributed by atoms with E-state index in [-0.39, 0.29) is 11.7 Å². The zero-order valence-corrected chi connectivity index (χ0v) is 29.7. The van der Waals surface area contributed by atoms with Gasteiger partial charge < -0.3 is 24.4 Å². The van der Waals surface area contributed by atoms with Crippen LogP contribution >= 0.6 is 11.8 Å². The first-order valence-electron chi connectivity index (χ1n) is 16.0. The predicted octanol–water partition coefficient (Wildman–Crippen LogP) is 8.12. The van der Waals surface area contributed by atoms with Gasteiger partial charge in [0, 0.05) is 29.1 Å². The Morgan fingerprint density at radius 3 is 2.11 bits per heavy atom. The van der Waals surface area contributed by atoms with Gasteiger partial charge >= 0.3 is 5.97 Å². The van der Waals surface area contributed by atoms with E-state index in [0.717, 1.165) is 26.9 Å². The summed E-state index contributed by atoms with van der Waals surface area (Å²) in [7, 11) is 5.56. The molecule has 1 amide bonds. The number of amides is 1. The molecule has 1 aliphatic rings. The molecule has 0 aromatic heterocycles. The molecule has 2 atom stereocenters. The van der Waals surface area contributed by atoms with Crippen molar-refractivity contribution in [3.63, 3.8) is 0 Å². The summed E-state index contributed by atoms with van der Waals surface area (Å²) in [6.07, 6.45) is -1.14. The van der Waals surface area contributed by atoms with Crippen molar-refractivity contribution in [3.8, 4) is 11.5 Å². The topological polar surface area (TPSA) is 79.3 Å². The van der Waals surface area contributed by atoms with Gasteiger partial charge in [0.25, 0.3) is 5.91 Å². The number of hydrogen-bond donors (Lipinski definition) is 1. The summed E-state index contributed by atoms with van der Waals surface area (Å²) >= 11 is 1.54. The van der Waals surface area contributed by atoms with Crippen molar-refractivity contribution in [2.45, 2.75) is 68.6 Å². The molecule has 0 saturated heterocycles. The zero-order valence-electron chi connectivity index (χ0n) is 28.9. The summed E-state index contributed by atoms with van der Waals surface area (Å²) < 4.78 is 11.8.